The van der Waals surface area contributed by atoms with E-state index in [0.29, 0.717) is 6.04 Å². The van der Waals surface area contributed by atoms with Crippen LogP contribution in [0.5, 0.6) is 0 Å². The fourth-order valence-electron chi connectivity index (χ4n) is 1.90. The molecule has 0 heterocycles. The van der Waals surface area contributed by atoms with Crippen LogP contribution in [0, 0.1) is 0 Å². The lowest BCUT2D eigenvalue weighted by Crippen LogP contribution is -2.38. The van der Waals surface area contributed by atoms with E-state index in [-0.39, 0.29) is 0 Å². The Morgan fingerprint density at radius 1 is 1.33 bits per heavy atom. The van der Waals surface area contributed by atoms with E-state index in [2.05, 4.69) is 54.5 Å². The Kier molecular flexibility index (Phi) is 3.27. The van der Waals surface area contributed by atoms with Gasteiger partial charge >= 0.3 is 0 Å². The maximum atomic E-state index is 3.61. The van der Waals surface area contributed by atoms with Gasteiger partial charge in [-0.1, -0.05) is 18.2 Å². The molecule has 0 amide bonds. The molecule has 0 saturated heterocycles. The third-order valence-electron chi connectivity index (χ3n) is 2.84. The zero-order chi connectivity index (χ0) is 10.7. The zero-order valence-electron chi connectivity index (χ0n) is 9.61. The lowest BCUT2D eigenvalue weighted by atomic mass is 10.2. The highest BCUT2D eigenvalue weighted by Crippen LogP contribution is 2.20. The van der Waals surface area contributed by atoms with Crippen LogP contribution < -0.4 is 10.2 Å². The number of rotatable bonds is 5. The van der Waals surface area contributed by atoms with Crippen LogP contribution in [0.1, 0.15) is 19.8 Å². The third-order valence-corrected chi connectivity index (χ3v) is 2.84. The molecule has 0 aromatic heterocycles. The van der Waals surface area contributed by atoms with E-state index in [1.54, 1.807) is 0 Å². The summed E-state index contributed by atoms with van der Waals surface area (Å²) >= 11 is 0. The normalized spacial score (nSPS) is 17.5. The number of nitrogens with one attached hydrogen (secondary N) is 1. The van der Waals surface area contributed by atoms with Crippen LogP contribution in [0.4, 0.5) is 5.69 Å². The molecule has 0 spiro atoms. The number of benzene rings is 1. The predicted octanol–water partition coefficient (Wildman–Crippen LogP) is 2.26. The molecule has 0 aliphatic heterocycles. The van der Waals surface area contributed by atoms with Crippen molar-refractivity contribution in [2.45, 2.75) is 31.8 Å². The second-order valence-corrected chi connectivity index (χ2v) is 4.56. The average Bonchev–Trinajstić information content (AvgIpc) is 3.03. The second kappa shape index (κ2) is 4.67. The molecular formula is C13H20N2. The van der Waals surface area contributed by atoms with Crippen LogP contribution in [0.3, 0.4) is 0 Å². The van der Waals surface area contributed by atoms with Crippen LogP contribution in [0.2, 0.25) is 0 Å². The van der Waals surface area contributed by atoms with Gasteiger partial charge in [0, 0.05) is 31.4 Å². The fourth-order valence-corrected chi connectivity index (χ4v) is 1.90. The van der Waals surface area contributed by atoms with E-state index in [1.807, 2.05) is 0 Å². The SMILES string of the molecule is CC(CN(C)c1ccccc1)NC1CC1. The molecule has 82 valence electrons. The summed E-state index contributed by atoms with van der Waals surface area (Å²) in [4.78, 5) is 2.31. The molecular weight excluding hydrogens is 184 g/mol. The standard InChI is InChI=1S/C13H20N2/c1-11(14-12-8-9-12)10-15(2)13-6-4-3-5-7-13/h3-7,11-12,14H,8-10H2,1-2H3. The summed E-state index contributed by atoms with van der Waals surface area (Å²) in [5.41, 5.74) is 1.29. The summed E-state index contributed by atoms with van der Waals surface area (Å²) in [6.45, 7) is 3.33. The quantitative estimate of drug-likeness (QED) is 0.791. The summed E-state index contributed by atoms with van der Waals surface area (Å²) in [5.74, 6) is 0. The van der Waals surface area contributed by atoms with E-state index in [0.717, 1.165) is 12.6 Å². The Labute approximate surface area is 92.3 Å². The average molecular weight is 204 g/mol. The van der Waals surface area contributed by atoms with Crippen LogP contribution in [0.15, 0.2) is 30.3 Å². The minimum Gasteiger partial charge on any atom is -0.373 e. The molecule has 2 rings (SSSR count). The third kappa shape index (κ3) is 3.24. The first-order valence-electron chi connectivity index (χ1n) is 5.78. The number of anilines is 1. The summed E-state index contributed by atoms with van der Waals surface area (Å²) in [5, 5.41) is 3.61. The van der Waals surface area contributed by atoms with E-state index in [1.165, 1.54) is 18.5 Å². The molecule has 1 fully saturated rings. The van der Waals surface area contributed by atoms with Crippen molar-refractivity contribution in [2.75, 3.05) is 18.5 Å². The van der Waals surface area contributed by atoms with Gasteiger partial charge in [-0.15, -0.1) is 0 Å². The monoisotopic (exact) mass is 204 g/mol. The van der Waals surface area contributed by atoms with Gasteiger partial charge in [0.25, 0.3) is 0 Å². The molecule has 1 aliphatic rings. The van der Waals surface area contributed by atoms with Gasteiger partial charge in [-0.2, -0.15) is 0 Å². The lowest BCUT2D eigenvalue weighted by Gasteiger charge is -2.24. The van der Waals surface area contributed by atoms with Crippen molar-refractivity contribution in [1.82, 2.24) is 5.32 Å². The van der Waals surface area contributed by atoms with Gasteiger partial charge in [0.2, 0.25) is 0 Å². The molecule has 2 nitrogen and oxygen atoms in total. The Balaban J connectivity index is 1.82. The molecule has 1 aromatic carbocycles. The first kappa shape index (κ1) is 10.5. The van der Waals surface area contributed by atoms with Gasteiger partial charge in [-0.3, -0.25) is 0 Å². The molecule has 1 aromatic rings. The number of hydrogen-bond acceptors (Lipinski definition) is 2. The Morgan fingerprint density at radius 3 is 2.60 bits per heavy atom. The molecule has 1 saturated carbocycles. The maximum Gasteiger partial charge on any atom is 0.0364 e. The van der Waals surface area contributed by atoms with Crippen LogP contribution in [0.25, 0.3) is 0 Å². The number of likely N-dealkylation sites (N-methyl/N-ethyl adjacent to an activating group) is 1. The predicted molar refractivity (Wildman–Crippen MR) is 65.3 cm³/mol. The van der Waals surface area contributed by atoms with Crippen molar-refractivity contribution in [1.29, 1.82) is 0 Å². The highest BCUT2D eigenvalue weighted by atomic mass is 15.1. The van der Waals surface area contributed by atoms with Crippen LogP contribution in [-0.4, -0.2) is 25.7 Å². The molecule has 2 heteroatoms. The van der Waals surface area contributed by atoms with Crippen molar-refractivity contribution in [3.8, 4) is 0 Å². The highest BCUT2D eigenvalue weighted by molar-refractivity contribution is 5.45. The van der Waals surface area contributed by atoms with Crippen molar-refractivity contribution < 1.29 is 0 Å². The second-order valence-electron chi connectivity index (χ2n) is 4.56. The fraction of sp³-hybridized carbons (Fsp3) is 0.538. The molecule has 1 atom stereocenters. The number of hydrogen-bond donors (Lipinski definition) is 1. The van der Waals surface area contributed by atoms with Gasteiger partial charge in [-0.05, 0) is 31.9 Å². The minimum absolute atomic E-state index is 0.572. The highest BCUT2D eigenvalue weighted by Gasteiger charge is 2.22. The summed E-state index contributed by atoms with van der Waals surface area (Å²) in [7, 11) is 2.15. The smallest absolute Gasteiger partial charge is 0.0364 e. The lowest BCUT2D eigenvalue weighted by molar-refractivity contribution is 0.543. The Morgan fingerprint density at radius 2 is 2.00 bits per heavy atom. The van der Waals surface area contributed by atoms with E-state index in [4.69, 9.17) is 0 Å². The molecule has 15 heavy (non-hydrogen) atoms. The molecule has 0 radical (unpaired) electrons. The van der Waals surface area contributed by atoms with E-state index >= 15 is 0 Å². The molecule has 1 aliphatic carbocycles. The molecule has 1 N–H and O–H groups in total. The van der Waals surface area contributed by atoms with E-state index < -0.39 is 0 Å². The van der Waals surface area contributed by atoms with Gasteiger partial charge < -0.3 is 10.2 Å². The summed E-state index contributed by atoms with van der Waals surface area (Å²) in [6, 6.07) is 11.9. The molecule has 1 unspecified atom stereocenters. The Bertz CT molecular complexity index is 293. The van der Waals surface area contributed by atoms with Gasteiger partial charge in [0.15, 0.2) is 0 Å². The zero-order valence-corrected chi connectivity index (χ0v) is 9.61. The number of para-hydroxylation sites is 1. The van der Waals surface area contributed by atoms with Crippen LogP contribution >= 0.6 is 0 Å². The maximum absolute atomic E-state index is 3.61. The van der Waals surface area contributed by atoms with Crippen molar-refractivity contribution in [2.24, 2.45) is 0 Å². The Hall–Kier alpha value is -1.02. The first-order valence-corrected chi connectivity index (χ1v) is 5.78. The largest absolute Gasteiger partial charge is 0.373 e. The van der Waals surface area contributed by atoms with Crippen LogP contribution in [-0.2, 0) is 0 Å². The minimum atomic E-state index is 0.572. The molecule has 0 bridgehead atoms. The van der Waals surface area contributed by atoms with Crippen molar-refractivity contribution >= 4 is 5.69 Å². The van der Waals surface area contributed by atoms with E-state index in [9.17, 15) is 0 Å². The topological polar surface area (TPSA) is 15.3 Å². The first-order chi connectivity index (χ1) is 7.25. The summed E-state index contributed by atoms with van der Waals surface area (Å²) < 4.78 is 0. The van der Waals surface area contributed by atoms with Gasteiger partial charge in [-0.25, -0.2) is 0 Å². The van der Waals surface area contributed by atoms with Gasteiger partial charge in [0.05, 0.1) is 0 Å². The van der Waals surface area contributed by atoms with Gasteiger partial charge in [0.1, 0.15) is 0 Å². The number of nitrogens with zero attached hydrogens (tertiary/aromatic N) is 1. The summed E-state index contributed by atoms with van der Waals surface area (Å²) in [6.07, 6.45) is 2.72. The van der Waals surface area contributed by atoms with Crippen molar-refractivity contribution in [3.63, 3.8) is 0 Å². The van der Waals surface area contributed by atoms with Crippen molar-refractivity contribution in [3.05, 3.63) is 30.3 Å².